The van der Waals surface area contributed by atoms with Gasteiger partial charge in [-0.2, -0.15) is 0 Å². The van der Waals surface area contributed by atoms with Gasteiger partial charge in [-0.15, -0.1) is 0 Å². The van der Waals surface area contributed by atoms with Gasteiger partial charge in [-0.3, -0.25) is 0 Å². The Morgan fingerprint density at radius 2 is 1.95 bits per heavy atom. The zero-order chi connectivity index (χ0) is 14.5. The van der Waals surface area contributed by atoms with E-state index in [9.17, 15) is 0 Å². The van der Waals surface area contributed by atoms with Crippen LogP contribution in [0.25, 0.3) is 0 Å². The Hall–Kier alpha value is -1.72. The standard InChI is InChI=1S/C14H12BrClN2O2/c15-12-7-10(14(17)18-19)3-6-13(12)20-8-9-1-4-11(16)5-2-9/h1-7,19H,8H2,(H2,17,18). The van der Waals surface area contributed by atoms with Crippen molar-refractivity contribution >= 4 is 33.4 Å². The Kier molecular flexibility index (Phi) is 4.87. The number of ether oxygens (including phenoxy) is 1. The lowest BCUT2D eigenvalue weighted by atomic mass is 10.2. The molecule has 6 heteroatoms. The molecule has 3 N–H and O–H groups in total. The molecular weight excluding hydrogens is 344 g/mol. The summed E-state index contributed by atoms with van der Waals surface area (Å²) in [6.07, 6.45) is 0. The summed E-state index contributed by atoms with van der Waals surface area (Å²) in [5.41, 5.74) is 7.14. The summed E-state index contributed by atoms with van der Waals surface area (Å²) in [7, 11) is 0. The molecule has 0 atom stereocenters. The maximum Gasteiger partial charge on any atom is 0.170 e. The zero-order valence-electron chi connectivity index (χ0n) is 10.4. The molecule has 0 aliphatic heterocycles. The molecule has 0 aromatic heterocycles. The van der Waals surface area contributed by atoms with Crippen molar-refractivity contribution in [3.63, 3.8) is 0 Å². The summed E-state index contributed by atoms with van der Waals surface area (Å²) in [5, 5.41) is 12.3. The molecule has 0 heterocycles. The molecule has 0 saturated heterocycles. The molecular formula is C14H12BrClN2O2. The third kappa shape index (κ3) is 3.65. The maximum atomic E-state index is 8.63. The summed E-state index contributed by atoms with van der Waals surface area (Å²) in [6.45, 7) is 0.429. The molecule has 0 unspecified atom stereocenters. The van der Waals surface area contributed by atoms with E-state index in [1.807, 2.05) is 24.3 Å². The fourth-order valence-corrected chi connectivity index (χ4v) is 2.20. The minimum Gasteiger partial charge on any atom is -0.488 e. The maximum absolute atomic E-state index is 8.63. The lowest BCUT2D eigenvalue weighted by molar-refractivity contribution is 0.304. The van der Waals surface area contributed by atoms with Crippen LogP contribution < -0.4 is 10.5 Å². The number of benzene rings is 2. The molecule has 0 fully saturated rings. The van der Waals surface area contributed by atoms with Gasteiger partial charge < -0.3 is 15.7 Å². The van der Waals surface area contributed by atoms with Gasteiger partial charge in [-0.05, 0) is 51.8 Å². The summed E-state index contributed by atoms with van der Waals surface area (Å²) in [4.78, 5) is 0. The van der Waals surface area contributed by atoms with E-state index < -0.39 is 0 Å². The van der Waals surface area contributed by atoms with Crippen LogP contribution in [-0.2, 0) is 6.61 Å². The third-order valence-corrected chi connectivity index (χ3v) is 3.51. The second kappa shape index (κ2) is 6.63. The Bertz CT molecular complexity index is 630. The van der Waals surface area contributed by atoms with Crippen LogP contribution >= 0.6 is 27.5 Å². The second-order valence-corrected chi connectivity index (χ2v) is 5.34. The molecule has 0 aliphatic rings. The number of oxime groups is 1. The number of hydrogen-bond donors (Lipinski definition) is 2. The highest BCUT2D eigenvalue weighted by Crippen LogP contribution is 2.27. The highest BCUT2D eigenvalue weighted by atomic mass is 79.9. The average Bonchev–Trinajstić information content (AvgIpc) is 2.46. The number of nitrogens with zero attached hydrogens (tertiary/aromatic N) is 1. The molecule has 2 aromatic rings. The topological polar surface area (TPSA) is 67.8 Å². The SMILES string of the molecule is N/C(=N/O)c1ccc(OCc2ccc(Cl)cc2)c(Br)c1. The first kappa shape index (κ1) is 14.7. The van der Waals surface area contributed by atoms with Crippen molar-refractivity contribution in [1.82, 2.24) is 0 Å². The van der Waals surface area contributed by atoms with Gasteiger partial charge in [0.1, 0.15) is 12.4 Å². The predicted octanol–water partition coefficient (Wildman–Crippen LogP) is 3.78. The minimum absolute atomic E-state index is 0.0509. The average molecular weight is 356 g/mol. The highest BCUT2D eigenvalue weighted by molar-refractivity contribution is 9.10. The van der Waals surface area contributed by atoms with Gasteiger partial charge in [0.15, 0.2) is 5.84 Å². The largest absolute Gasteiger partial charge is 0.488 e. The van der Waals surface area contributed by atoms with Crippen LogP contribution in [0.3, 0.4) is 0 Å². The fourth-order valence-electron chi connectivity index (χ4n) is 1.58. The Labute approximate surface area is 129 Å². The second-order valence-electron chi connectivity index (χ2n) is 4.05. The van der Waals surface area contributed by atoms with E-state index in [0.717, 1.165) is 10.0 Å². The van der Waals surface area contributed by atoms with Gasteiger partial charge in [0, 0.05) is 10.6 Å². The lowest BCUT2D eigenvalue weighted by Crippen LogP contribution is -2.12. The van der Waals surface area contributed by atoms with E-state index in [4.69, 9.17) is 27.3 Å². The molecule has 104 valence electrons. The number of amidine groups is 1. The summed E-state index contributed by atoms with van der Waals surface area (Å²) < 4.78 is 6.43. The number of rotatable bonds is 4. The molecule has 2 rings (SSSR count). The highest BCUT2D eigenvalue weighted by Gasteiger charge is 2.06. The first-order valence-corrected chi connectivity index (χ1v) is 6.92. The van der Waals surface area contributed by atoms with E-state index in [1.165, 1.54) is 0 Å². The molecule has 0 bridgehead atoms. The Balaban J connectivity index is 2.08. The van der Waals surface area contributed by atoms with Gasteiger partial charge in [0.25, 0.3) is 0 Å². The first-order valence-electron chi connectivity index (χ1n) is 5.75. The van der Waals surface area contributed by atoms with Crippen LogP contribution in [0, 0.1) is 0 Å². The van der Waals surface area contributed by atoms with Crippen molar-refractivity contribution in [3.8, 4) is 5.75 Å². The van der Waals surface area contributed by atoms with Crippen molar-refractivity contribution < 1.29 is 9.94 Å². The van der Waals surface area contributed by atoms with Crippen molar-refractivity contribution in [2.75, 3.05) is 0 Å². The molecule has 0 aliphatic carbocycles. The third-order valence-electron chi connectivity index (χ3n) is 2.64. The van der Waals surface area contributed by atoms with Gasteiger partial charge in [-0.1, -0.05) is 28.9 Å². The molecule has 0 amide bonds. The first-order chi connectivity index (χ1) is 9.60. The number of nitrogens with two attached hydrogens (primary N) is 1. The molecule has 0 spiro atoms. The quantitative estimate of drug-likeness (QED) is 0.379. The Morgan fingerprint density at radius 3 is 2.55 bits per heavy atom. The molecule has 0 saturated carbocycles. The number of hydrogen-bond acceptors (Lipinski definition) is 3. The van der Waals surface area contributed by atoms with E-state index >= 15 is 0 Å². The van der Waals surface area contributed by atoms with Crippen molar-refractivity contribution in [2.24, 2.45) is 10.9 Å². The molecule has 4 nitrogen and oxygen atoms in total. The zero-order valence-corrected chi connectivity index (χ0v) is 12.7. The van der Waals surface area contributed by atoms with Crippen LogP contribution in [0.4, 0.5) is 0 Å². The summed E-state index contributed by atoms with van der Waals surface area (Å²) in [5.74, 6) is 0.726. The van der Waals surface area contributed by atoms with Crippen molar-refractivity contribution in [3.05, 3.63) is 63.1 Å². The van der Waals surface area contributed by atoms with Gasteiger partial charge in [-0.25, -0.2) is 0 Å². The normalized spacial score (nSPS) is 11.4. The van der Waals surface area contributed by atoms with Crippen LogP contribution in [0.1, 0.15) is 11.1 Å². The molecule has 0 radical (unpaired) electrons. The van der Waals surface area contributed by atoms with Crippen LogP contribution in [0.15, 0.2) is 52.1 Å². The van der Waals surface area contributed by atoms with E-state index in [1.54, 1.807) is 18.2 Å². The van der Waals surface area contributed by atoms with E-state index in [-0.39, 0.29) is 5.84 Å². The van der Waals surface area contributed by atoms with Crippen LogP contribution in [0.5, 0.6) is 5.75 Å². The fraction of sp³-hybridized carbons (Fsp3) is 0.0714. The summed E-state index contributed by atoms with van der Waals surface area (Å²) >= 11 is 9.21. The van der Waals surface area contributed by atoms with Gasteiger partial charge in [0.2, 0.25) is 0 Å². The van der Waals surface area contributed by atoms with Gasteiger partial charge in [0.05, 0.1) is 4.47 Å². The summed E-state index contributed by atoms with van der Waals surface area (Å²) in [6, 6.07) is 12.6. The van der Waals surface area contributed by atoms with Crippen LogP contribution in [-0.4, -0.2) is 11.0 Å². The van der Waals surface area contributed by atoms with Crippen LogP contribution in [0.2, 0.25) is 5.02 Å². The smallest absolute Gasteiger partial charge is 0.170 e. The monoisotopic (exact) mass is 354 g/mol. The molecule has 2 aromatic carbocycles. The minimum atomic E-state index is 0.0509. The Morgan fingerprint density at radius 1 is 1.25 bits per heavy atom. The lowest BCUT2D eigenvalue weighted by Gasteiger charge is -2.09. The predicted molar refractivity (Wildman–Crippen MR) is 82.4 cm³/mol. The van der Waals surface area contributed by atoms with E-state index in [0.29, 0.717) is 22.9 Å². The van der Waals surface area contributed by atoms with E-state index in [2.05, 4.69) is 21.1 Å². The number of halogens is 2. The van der Waals surface area contributed by atoms with Crippen molar-refractivity contribution in [2.45, 2.75) is 6.61 Å². The van der Waals surface area contributed by atoms with Crippen molar-refractivity contribution in [1.29, 1.82) is 0 Å². The molecule has 20 heavy (non-hydrogen) atoms. The van der Waals surface area contributed by atoms with Gasteiger partial charge >= 0.3 is 0 Å².